The van der Waals surface area contributed by atoms with E-state index in [4.69, 9.17) is 10.2 Å². The largest absolute Gasteiger partial charge is 1.00 e. The van der Waals surface area contributed by atoms with Gasteiger partial charge in [-0.15, -0.1) is 0 Å². The van der Waals surface area contributed by atoms with Crippen molar-refractivity contribution in [3.63, 3.8) is 0 Å². The Balaban J connectivity index is -0.0000000408. The maximum atomic E-state index is 9.29. The Morgan fingerprint density at radius 2 is 1.20 bits per heavy atom. The zero-order chi connectivity index (χ0) is 6.57. The first-order valence-corrected chi connectivity index (χ1v) is 1.43. The zero-order valence-electron chi connectivity index (χ0n) is 7.53. The molecule has 8 heteroatoms. The molecule has 0 aromatic heterocycles. The molecule has 0 aromatic rings. The van der Waals surface area contributed by atoms with Gasteiger partial charge in [-0.2, -0.15) is 0 Å². The predicted octanol–water partition coefficient (Wildman–Crippen LogP) is -5.48. The van der Waals surface area contributed by atoms with Crippen molar-refractivity contribution in [1.82, 2.24) is 0 Å². The van der Waals surface area contributed by atoms with E-state index in [2.05, 4.69) is 9.78 Å². The fourth-order valence-corrected chi connectivity index (χ4v) is 0.0713. The topological polar surface area (TPSA) is 93.1 Å². The third kappa shape index (κ3) is 15.8. The molecule has 0 saturated carbocycles. The summed E-state index contributed by atoms with van der Waals surface area (Å²) in [5.74, 6) is 0. The van der Waals surface area contributed by atoms with Crippen molar-refractivity contribution in [2.24, 2.45) is 0 Å². The second-order valence-corrected chi connectivity index (χ2v) is 0.698. The van der Waals surface area contributed by atoms with Crippen LogP contribution >= 0.6 is 0 Å². The molecule has 0 rings (SSSR count). The van der Waals surface area contributed by atoms with Crippen LogP contribution in [0.5, 0.6) is 0 Å². The van der Waals surface area contributed by atoms with E-state index in [-0.39, 0.29) is 62.0 Å². The van der Waals surface area contributed by atoms with Crippen LogP contribution in [0, 0.1) is 0 Å². The van der Waals surface area contributed by atoms with Gasteiger partial charge in [0.1, 0.15) is 0 Å². The summed E-state index contributed by atoms with van der Waals surface area (Å²) in [7, 11) is 0. The normalized spacial score (nSPS) is 6.00. The van der Waals surface area contributed by atoms with E-state index in [1.165, 1.54) is 0 Å². The number of hydrogen-bond donors (Lipinski definition) is 2. The molecule has 0 heterocycles. The van der Waals surface area contributed by atoms with Crippen LogP contribution in [0.15, 0.2) is 0 Å². The molecule has 0 amide bonds. The fourth-order valence-electron chi connectivity index (χ4n) is 0.0713. The van der Waals surface area contributed by atoms with E-state index in [9.17, 15) is 9.59 Å². The van der Waals surface area contributed by atoms with Gasteiger partial charge in [0, 0.05) is 0 Å². The van der Waals surface area contributed by atoms with E-state index < -0.39 is 12.3 Å². The standard InChI is InChI=1S/C2H2O6.2Na.2H/c3-1(4)7-8-2(5)6;;;;/h(H,3,4)(H,5,6);;;;/q;2*+1;2*-1. The first kappa shape index (κ1) is 16.9. The molecule has 0 fully saturated rings. The van der Waals surface area contributed by atoms with Crippen LogP contribution in [0.4, 0.5) is 9.59 Å². The molecule has 0 atom stereocenters. The number of carbonyl (C=O) groups is 2. The fraction of sp³-hybridized carbons (Fsp3) is 0. The van der Waals surface area contributed by atoms with Crippen molar-refractivity contribution in [3.05, 3.63) is 0 Å². The molecule has 10 heavy (non-hydrogen) atoms. The van der Waals surface area contributed by atoms with Crippen molar-refractivity contribution in [2.75, 3.05) is 0 Å². The third-order valence-corrected chi connectivity index (χ3v) is 0.184. The summed E-state index contributed by atoms with van der Waals surface area (Å²) in [6.07, 6.45) is -3.60. The molecule has 6 nitrogen and oxygen atoms in total. The van der Waals surface area contributed by atoms with Crippen molar-refractivity contribution in [2.45, 2.75) is 0 Å². The summed E-state index contributed by atoms with van der Waals surface area (Å²) in [6.45, 7) is 0. The summed E-state index contributed by atoms with van der Waals surface area (Å²) in [5.41, 5.74) is 0. The number of rotatable bonds is 0. The van der Waals surface area contributed by atoms with Gasteiger partial charge in [0.15, 0.2) is 0 Å². The van der Waals surface area contributed by atoms with Crippen molar-refractivity contribution >= 4 is 12.3 Å². The van der Waals surface area contributed by atoms with Gasteiger partial charge >= 0.3 is 71.4 Å². The molecule has 0 aromatic carbocycles. The second kappa shape index (κ2) is 9.54. The van der Waals surface area contributed by atoms with Gasteiger partial charge in [0.25, 0.3) is 0 Å². The summed E-state index contributed by atoms with van der Waals surface area (Å²) in [4.78, 5) is 24.8. The van der Waals surface area contributed by atoms with Crippen molar-refractivity contribution < 1.29 is 91.5 Å². The van der Waals surface area contributed by atoms with Crippen LogP contribution in [0.2, 0.25) is 0 Å². The van der Waals surface area contributed by atoms with Crippen molar-refractivity contribution in [3.8, 4) is 0 Å². The third-order valence-electron chi connectivity index (χ3n) is 0.184. The second-order valence-electron chi connectivity index (χ2n) is 0.698. The molecule has 0 aliphatic heterocycles. The molecular formula is C2H4Na2O6. The smallest absolute Gasteiger partial charge is 1.00 e. The van der Waals surface area contributed by atoms with E-state index in [1.54, 1.807) is 0 Å². The number of hydrogen-bond acceptors (Lipinski definition) is 4. The van der Waals surface area contributed by atoms with Gasteiger partial charge in [0.2, 0.25) is 0 Å². The molecular weight excluding hydrogens is 166 g/mol. The maximum absolute atomic E-state index is 9.29. The summed E-state index contributed by atoms with van der Waals surface area (Å²) in [6, 6.07) is 0. The Bertz CT molecular complexity index is 106. The first-order chi connectivity index (χ1) is 3.63. The molecule has 0 bridgehead atoms. The Labute approximate surface area is 103 Å². The predicted molar refractivity (Wildman–Crippen MR) is 20.4 cm³/mol. The molecule has 0 unspecified atom stereocenters. The average molecular weight is 170 g/mol. The maximum Gasteiger partial charge on any atom is 1.00 e. The average Bonchev–Trinajstić information content (AvgIpc) is 1.61. The van der Waals surface area contributed by atoms with Gasteiger partial charge in [0.05, 0.1) is 0 Å². The van der Waals surface area contributed by atoms with Crippen LogP contribution in [0.1, 0.15) is 2.85 Å². The van der Waals surface area contributed by atoms with Crippen LogP contribution in [-0.2, 0) is 9.78 Å². The Morgan fingerprint density at radius 3 is 1.30 bits per heavy atom. The molecule has 2 N–H and O–H groups in total. The Hall–Kier alpha value is 0.540. The summed E-state index contributed by atoms with van der Waals surface area (Å²) in [5, 5.41) is 15.1. The van der Waals surface area contributed by atoms with Crippen LogP contribution < -0.4 is 59.1 Å². The quantitative estimate of drug-likeness (QED) is 0.214. The monoisotopic (exact) mass is 170 g/mol. The van der Waals surface area contributed by atoms with E-state index in [1.807, 2.05) is 0 Å². The summed E-state index contributed by atoms with van der Waals surface area (Å²) >= 11 is 0. The Kier molecular flexibility index (Phi) is 16.1. The van der Waals surface area contributed by atoms with Gasteiger partial charge in [-0.05, 0) is 0 Å². The van der Waals surface area contributed by atoms with Crippen LogP contribution in [0.25, 0.3) is 0 Å². The number of carboxylic acid groups (broad SMARTS) is 2. The van der Waals surface area contributed by atoms with Crippen LogP contribution in [0.3, 0.4) is 0 Å². The Morgan fingerprint density at radius 1 is 1.00 bits per heavy atom. The minimum Gasteiger partial charge on any atom is -1.00 e. The minimum absolute atomic E-state index is 0. The molecule has 50 valence electrons. The molecule has 0 radical (unpaired) electrons. The van der Waals surface area contributed by atoms with E-state index >= 15 is 0 Å². The molecule has 0 spiro atoms. The minimum atomic E-state index is -1.80. The van der Waals surface area contributed by atoms with Gasteiger partial charge < -0.3 is 13.1 Å². The molecule has 0 aliphatic rings. The molecule has 0 saturated heterocycles. The SMILES string of the molecule is O=C(O)OOC(=O)O.[H-].[H-].[Na+].[Na+]. The van der Waals surface area contributed by atoms with Gasteiger partial charge in [-0.1, -0.05) is 0 Å². The summed E-state index contributed by atoms with van der Waals surface area (Å²) < 4.78 is 0. The van der Waals surface area contributed by atoms with Gasteiger partial charge in [-0.3, -0.25) is 0 Å². The van der Waals surface area contributed by atoms with Crippen LogP contribution in [-0.4, -0.2) is 22.5 Å². The van der Waals surface area contributed by atoms with Crippen molar-refractivity contribution in [1.29, 1.82) is 0 Å². The van der Waals surface area contributed by atoms with E-state index in [0.29, 0.717) is 0 Å². The van der Waals surface area contributed by atoms with E-state index in [0.717, 1.165) is 0 Å². The molecule has 0 aliphatic carbocycles. The zero-order valence-corrected chi connectivity index (χ0v) is 9.53. The first-order valence-electron chi connectivity index (χ1n) is 1.43. The van der Waals surface area contributed by atoms with Gasteiger partial charge in [-0.25, -0.2) is 19.4 Å².